The number of benzene rings is 1. The van der Waals surface area contributed by atoms with Crippen LogP contribution in [0.5, 0.6) is 0 Å². The van der Waals surface area contributed by atoms with Crippen LogP contribution < -0.4 is 0 Å². The van der Waals surface area contributed by atoms with E-state index in [0.29, 0.717) is 13.2 Å². The molecule has 19 heavy (non-hydrogen) atoms. The highest BCUT2D eigenvalue weighted by atomic mass is 16.5. The van der Waals surface area contributed by atoms with Crippen molar-refractivity contribution in [3.63, 3.8) is 0 Å². The Bertz CT molecular complexity index is 513. The summed E-state index contributed by atoms with van der Waals surface area (Å²) in [6.07, 6.45) is 5.98. The van der Waals surface area contributed by atoms with Crippen molar-refractivity contribution < 1.29 is 9.53 Å². The van der Waals surface area contributed by atoms with Crippen LogP contribution in [0.25, 0.3) is 0 Å². The number of carbonyl (C=O) groups is 1. The lowest BCUT2D eigenvalue weighted by molar-refractivity contribution is -0.153. The van der Waals surface area contributed by atoms with Crippen LogP contribution in [0.4, 0.5) is 0 Å². The Morgan fingerprint density at radius 2 is 2.32 bits per heavy atom. The smallest absolute Gasteiger partial charge is 0.241 e. The predicted octanol–water partition coefficient (Wildman–Crippen LogP) is 2.59. The summed E-state index contributed by atoms with van der Waals surface area (Å²) in [6.45, 7) is 2.32. The number of hydrazine groups is 1. The standard InChI is InChI=1S/C15H18N2O2/c1-2-15(18)17(16-9-10-19-11-16)14-8-7-12-5-3-4-6-13(12)14/h3-6,9-10,14H,2,7-8,11H2,1H3. The van der Waals surface area contributed by atoms with Gasteiger partial charge in [-0.25, -0.2) is 5.01 Å². The molecular weight excluding hydrogens is 240 g/mol. The molecule has 0 bridgehead atoms. The summed E-state index contributed by atoms with van der Waals surface area (Å²) in [4.78, 5) is 12.3. The third-order valence-corrected chi connectivity index (χ3v) is 3.77. The van der Waals surface area contributed by atoms with Gasteiger partial charge in [-0.2, -0.15) is 0 Å². The Balaban J connectivity index is 1.93. The molecule has 0 aromatic heterocycles. The monoisotopic (exact) mass is 258 g/mol. The summed E-state index contributed by atoms with van der Waals surface area (Å²) >= 11 is 0. The van der Waals surface area contributed by atoms with Gasteiger partial charge in [0.1, 0.15) is 6.26 Å². The first kappa shape index (κ1) is 12.1. The van der Waals surface area contributed by atoms with Crippen LogP contribution in [-0.2, 0) is 16.0 Å². The predicted molar refractivity (Wildman–Crippen MR) is 71.6 cm³/mol. The van der Waals surface area contributed by atoms with Gasteiger partial charge in [-0.05, 0) is 24.0 Å². The van der Waals surface area contributed by atoms with Crippen molar-refractivity contribution in [2.24, 2.45) is 0 Å². The van der Waals surface area contributed by atoms with Crippen LogP contribution in [0, 0.1) is 0 Å². The number of carbonyl (C=O) groups excluding carboxylic acids is 1. The molecule has 4 heteroatoms. The first-order valence-corrected chi connectivity index (χ1v) is 6.76. The third kappa shape index (κ3) is 2.07. The average Bonchev–Trinajstić information content (AvgIpc) is 3.09. The van der Waals surface area contributed by atoms with Crippen molar-refractivity contribution in [3.8, 4) is 0 Å². The number of hydrogen-bond donors (Lipinski definition) is 0. The molecule has 100 valence electrons. The molecule has 3 rings (SSSR count). The molecule has 0 N–H and O–H groups in total. The maximum atomic E-state index is 12.3. The minimum absolute atomic E-state index is 0.134. The normalized spacial score (nSPS) is 20.3. The number of rotatable bonds is 3. The second-order valence-corrected chi connectivity index (χ2v) is 4.87. The van der Waals surface area contributed by atoms with Crippen molar-refractivity contribution in [2.75, 3.05) is 6.73 Å². The fraction of sp³-hybridized carbons (Fsp3) is 0.400. The first-order valence-electron chi connectivity index (χ1n) is 6.76. The number of hydrogen-bond acceptors (Lipinski definition) is 3. The quantitative estimate of drug-likeness (QED) is 0.835. The van der Waals surface area contributed by atoms with Gasteiger partial charge >= 0.3 is 0 Å². The van der Waals surface area contributed by atoms with E-state index in [1.165, 1.54) is 11.1 Å². The number of amides is 1. The fourth-order valence-electron chi connectivity index (χ4n) is 2.86. The zero-order chi connectivity index (χ0) is 13.2. The maximum absolute atomic E-state index is 12.3. The molecule has 1 aliphatic heterocycles. The molecule has 1 amide bonds. The molecule has 0 radical (unpaired) electrons. The summed E-state index contributed by atoms with van der Waals surface area (Å²) in [6, 6.07) is 8.52. The van der Waals surface area contributed by atoms with Crippen LogP contribution in [0.2, 0.25) is 0 Å². The van der Waals surface area contributed by atoms with E-state index in [0.717, 1.165) is 12.8 Å². The molecule has 2 aliphatic rings. The van der Waals surface area contributed by atoms with Gasteiger partial charge in [-0.15, -0.1) is 0 Å². The van der Waals surface area contributed by atoms with Crippen molar-refractivity contribution >= 4 is 5.91 Å². The summed E-state index contributed by atoms with van der Waals surface area (Å²) < 4.78 is 5.23. The summed E-state index contributed by atoms with van der Waals surface area (Å²) in [5.74, 6) is 0.136. The number of fused-ring (bicyclic) bond motifs is 1. The van der Waals surface area contributed by atoms with Crippen molar-refractivity contribution in [1.29, 1.82) is 0 Å². The maximum Gasteiger partial charge on any atom is 0.241 e. The fourth-order valence-corrected chi connectivity index (χ4v) is 2.86. The number of nitrogens with zero attached hydrogens (tertiary/aromatic N) is 2. The van der Waals surface area contributed by atoms with Gasteiger partial charge in [0.05, 0.1) is 12.2 Å². The van der Waals surface area contributed by atoms with Crippen molar-refractivity contribution in [1.82, 2.24) is 10.0 Å². The Labute approximate surface area is 113 Å². The molecule has 0 saturated heterocycles. The summed E-state index contributed by atoms with van der Waals surface area (Å²) in [5.41, 5.74) is 2.62. The molecule has 1 heterocycles. The van der Waals surface area contributed by atoms with Crippen LogP contribution in [0.1, 0.15) is 36.9 Å². The van der Waals surface area contributed by atoms with E-state index >= 15 is 0 Å². The zero-order valence-corrected chi connectivity index (χ0v) is 11.1. The zero-order valence-electron chi connectivity index (χ0n) is 11.1. The molecular formula is C15H18N2O2. The molecule has 1 unspecified atom stereocenters. The van der Waals surface area contributed by atoms with Gasteiger partial charge in [-0.3, -0.25) is 9.80 Å². The third-order valence-electron chi connectivity index (χ3n) is 3.77. The largest absolute Gasteiger partial charge is 0.477 e. The lowest BCUT2D eigenvalue weighted by Crippen LogP contribution is -2.44. The molecule has 0 saturated carbocycles. The number of ether oxygens (including phenoxy) is 1. The van der Waals surface area contributed by atoms with E-state index < -0.39 is 0 Å². The molecule has 1 aromatic rings. The SMILES string of the molecule is CCC(=O)N(C1CCc2ccccc21)N1C=COC1. The highest BCUT2D eigenvalue weighted by Crippen LogP contribution is 2.37. The first-order chi connectivity index (χ1) is 9.31. The van der Waals surface area contributed by atoms with E-state index in [9.17, 15) is 4.79 Å². The lowest BCUT2D eigenvalue weighted by atomic mass is 10.1. The second-order valence-electron chi connectivity index (χ2n) is 4.87. The van der Waals surface area contributed by atoms with Gasteiger partial charge in [0.15, 0.2) is 6.73 Å². The van der Waals surface area contributed by atoms with Gasteiger partial charge in [0.25, 0.3) is 0 Å². The van der Waals surface area contributed by atoms with Gasteiger partial charge in [0.2, 0.25) is 5.91 Å². The van der Waals surface area contributed by atoms with Crippen LogP contribution in [-0.4, -0.2) is 22.7 Å². The van der Waals surface area contributed by atoms with E-state index in [1.54, 1.807) is 6.26 Å². The second kappa shape index (κ2) is 4.96. The molecule has 0 spiro atoms. The Kier molecular flexibility index (Phi) is 3.15. The lowest BCUT2D eigenvalue weighted by Gasteiger charge is -2.35. The van der Waals surface area contributed by atoms with E-state index in [2.05, 4.69) is 18.2 Å². The average molecular weight is 258 g/mol. The summed E-state index contributed by atoms with van der Waals surface area (Å²) in [7, 11) is 0. The van der Waals surface area contributed by atoms with Gasteiger partial charge in [-0.1, -0.05) is 31.2 Å². The Hall–Kier alpha value is -1.97. The van der Waals surface area contributed by atoms with Gasteiger partial charge < -0.3 is 4.74 Å². The van der Waals surface area contributed by atoms with E-state index in [-0.39, 0.29) is 11.9 Å². The Morgan fingerprint density at radius 3 is 3.05 bits per heavy atom. The molecule has 1 aromatic carbocycles. The molecule has 1 aliphatic carbocycles. The van der Waals surface area contributed by atoms with Crippen molar-refractivity contribution in [2.45, 2.75) is 32.2 Å². The topological polar surface area (TPSA) is 32.8 Å². The molecule has 4 nitrogen and oxygen atoms in total. The Morgan fingerprint density at radius 1 is 1.47 bits per heavy atom. The summed E-state index contributed by atoms with van der Waals surface area (Å²) in [5, 5.41) is 3.73. The highest BCUT2D eigenvalue weighted by Gasteiger charge is 2.34. The van der Waals surface area contributed by atoms with E-state index in [1.807, 2.05) is 29.2 Å². The number of aryl methyl sites for hydroxylation is 1. The van der Waals surface area contributed by atoms with Crippen LogP contribution in [0.3, 0.4) is 0 Å². The minimum Gasteiger partial charge on any atom is -0.477 e. The van der Waals surface area contributed by atoms with Crippen LogP contribution >= 0.6 is 0 Å². The van der Waals surface area contributed by atoms with Gasteiger partial charge in [0, 0.05) is 6.42 Å². The van der Waals surface area contributed by atoms with Crippen LogP contribution in [0.15, 0.2) is 36.7 Å². The van der Waals surface area contributed by atoms with Crippen molar-refractivity contribution in [3.05, 3.63) is 47.9 Å². The molecule has 1 atom stereocenters. The highest BCUT2D eigenvalue weighted by molar-refractivity contribution is 5.76. The minimum atomic E-state index is 0.134. The van der Waals surface area contributed by atoms with E-state index in [4.69, 9.17) is 4.74 Å². The molecule has 0 fully saturated rings.